The van der Waals surface area contributed by atoms with Crippen LogP contribution in [-0.2, 0) is 4.74 Å². The molecule has 0 radical (unpaired) electrons. The fourth-order valence-corrected chi connectivity index (χ4v) is 2.87. The Labute approximate surface area is 107 Å². The Balaban J connectivity index is 2.45. The minimum Gasteiger partial charge on any atom is -0.383 e. The lowest BCUT2D eigenvalue weighted by Crippen LogP contribution is -2.47. The van der Waals surface area contributed by atoms with Gasteiger partial charge in [0.1, 0.15) is 0 Å². The van der Waals surface area contributed by atoms with E-state index < -0.39 is 0 Å². The molecule has 3 unspecified atom stereocenters. The molecule has 0 aliphatic carbocycles. The van der Waals surface area contributed by atoms with E-state index >= 15 is 0 Å². The van der Waals surface area contributed by atoms with E-state index in [2.05, 4.69) is 31.0 Å². The summed E-state index contributed by atoms with van der Waals surface area (Å²) in [7, 11) is 1.80. The number of nitrogens with one attached hydrogen (secondary N) is 1. The lowest BCUT2D eigenvalue weighted by atomic mass is 10.1. The van der Waals surface area contributed by atoms with Crippen LogP contribution >= 0.6 is 0 Å². The predicted octanol–water partition coefficient (Wildman–Crippen LogP) is 2.26. The molecule has 1 aliphatic rings. The van der Waals surface area contributed by atoms with Crippen molar-refractivity contribution in [2.24, 2.45) is 0 Å². The van der Waals surface area contributed by atoms with Crippen molar-refractivity contribution in [3.05, 3.63) is 0 Å². The SMILES string of the molecule is CCCNC(COC)CN1C(C)CCC1CC. The molecule has 1 aliphatic heterocycles. The Morgan fingerprint density at radius 3 is 2.71 bits per heavy atom. The van der Waals surface area contributed by atoms with Crippen molar-refractivity contribution < 1.29 is 4.74 Å². The first-order chi connectivity index (χ1) is 8.22. The average molecular weight is 242 g/mol. The van der Waals surface area contributed by atoms with Crippen molar-refractivity contribution in [1.29, 1.82) is 0 Å². The highest BCUT2D eigenvalue weighted by Gasteiger charge is 2.30. The highest BCUT2D eigenvalue weighted by atomic mass is 16.5. The third-order valence-electron chi connectivity index (χ3n) is 3.91. The largest absolute Gasteiger partial charge is 0.383 e. The van der Waals surface area contributed by atoms with Gasteiger partial charge in [0.05, 0.1) is 6.61 Å². The van der Waals surface area contributed by atoms with Gasteiger partial charge in [0.25, 0.3) is 0 Å². The van der Waals surface area contributed by atoms with Crippen LogP contribution in [0.2, 0.25) is 0 Å². The van der Waals surface area contributed by atoms with Crippen LogP contribution in [0.25, 0.3) is 0 Å². The first-order valence-corrected chi connectivity index (χ1v) is 7.20. The second kappa shape index (κ2) is 8.06. The molecule has 0 spiro atoms. The molecule has 0 amide bonds. The molecule has 0 aromatic rings. The zero-order valence-corrected chi connectivity index (χ0v) is 12.0. The lowest BCUT2D eigenvalue weighted by Gasteiger charge is -2.32. The molecule has 0 aromatic heterocycles. The third kappa shape index (κ3) is 4.57. The number of rotatable bonds is 8. The summed E-state index contributed by atoms with van der Waals surface area (Å²) in [6, 6.07) is 2.00. The smallest absolute Gasteiger partial charge is 0.0628 e. The molecule has 0 bridgehead atoms. The van der Waals surface area contributed by atoms with Crippen LogP contribution in [0.3, 0.4) is 0 Å². The third-order valence-corrected chi connectivity index (χ3v) is 3.91. The quantitative estimate of drug-likeness (QED) is 0.706. The Hall–Kier alpha value is -0.120. The van der Waals surface area contributed by atoms with Gasteiger partial charge in [-0.15, -0.1) is 0 Å². The molecule has 3 nitrogen and oxygen atoms in total. The standard InChI is InChI=1S/C14H30N2O/c1-5-9-15-13(11-17-4)10-16-12(3)7-8-14(16)6-2/h12-15H,5-11H2,1-4H3. The number of likely N-dealkylation sites (tertiary alicyclic amines) is 1. The summed E-state index contributed by atoms with van der Waals surface area (Å²) >= 11 is 0. The van der Waals surface area contributed by atoms with E-state index in [1.807, 2.05) is 0 Å². The van der Waals surface area contributed by atoms with Gasteiger partial charge < -0.3 is 10.1 Å². The zero-order valence-electron chi connectivity index (χ0n) is 12.0. The van der Waals surface area contributed by atoms with E-state index in [1.54, 1.807) is 7.11 Å². The highest BCUT2D eigenvalue weighted by molar-refractivity contribution is 4.87. The van der Waals surface area contributed by atoms with E-state index in [-0.39, 0.29) is 0 Å². The molecule has 0 saturated carbocycles. The second-order valence-corrected chi connectivity index (χ2v) is 5.29. The van der Waals surface area contributed by atoms with Crippen molar-refractivity contribution in [2.45, 2.75) is 64.6 Å². The van der Waals surface area contributed by atoms with Crippen molar-refractivity contribution in [3.63, 3.8) is 0 Å². The molecule has 1 saturated heterocycles. The van der Waals surface area contributed by atoms with Crippen LogP contribution in [0.1, 0.15) is 46.5 Å². The second-order valence-electron chi connectivity index (χ2n) is 5.29. The molecule has 0 aromatic carbocycles. The monoisotopic (exact) mass is 242 g/mol. The molecule has 1 heterocycles. The van der Waals surface area contributed by atoms with Crippen LogP contribution in [0, 0.1) is 0 Å². The van der Waals surface area contributed by atoms with Crippen molar-refractivity contribution in [2.75, 3.05) is 26.8 Å². The summed E-state index contributed by atoms with van der Waals surface area (Å²) in [5.74, 6) is 0. The van der Waals surface area contributed by atoms with Gasteiger partial charge in [-0.2, -0.15) is 0 Å². The molecule has 3 heteroatoms. The fourth-order valence-electron chi connectivity index (χ4n) is 2.87. The van der Waals surface area contributed by atoms with E-state index in [1.165, 1.54) is 25.7 Å². The van der Waals surface area contributed by atoms with Crippen molar-refractivity contribution in [1.82, 2.24) is 10.2 Å². The molecule has 102 valence electrons. The van der Waals surface area contributed by atoms with Gasteiger partial charge in [0.15, 0.2) is 0 Å². The molecule has 3 atom stereocenters. The summed E-state index contributed by atoms with van der Waals surface area (Å²) in [5, 5.41) is 3.60. The van der Waals surface area contributed by atoms with Gasteiger partial charge in [0.2, 0.25) is 0 Å². The van der Waals surface area contributed by atoms with Crippen LogP contribution in [0.5, 0.6) is 0 Å². The van der Waals surface area contributed by atoms with Crippen molar-refractivity contribution >= 4 is 0 Å². The molecule has 1 rings (SSSR count). The van der Waals surface area contributed by atoms with Gasteiger partial charge in [-0.05, 0) is 39.2 Å². The number of hydrogen-bond acceptors (Lipinski definition) is 3. The number of methoxy groups -OCH3 is 1. The van der Waals surface area contributed by atoms with E-state index in [4.69, 9.17) is 4.74 Å². The van der Waals surface area contributed by atoms with E-state index in [9.17, 15) is 0 Å². The number of ether oxygens (including phenoxy) is 1. The van der Waals surface area contributed by atoms with Crippen LogP contribution in [0.4, 0.5) is 0 Å². The molecule has 1 N–H and O–H groups in total. The van der Waals surface area contributed by atoms with Gasteiger partial charge in [-0.25, -0.2) is 0 Å². The maximum atomic E-state index is 5.33. The zero-order chi connectivity index (χ0) is 12.7. The minimum atomic E-state index is 0.481. The molecule has 17 heavy (non-hydrogen) atoms. The summed E-state index contributed by atoms with van der Waals surface area (Å²) in [5.41, 5.74) is 0. The van der Waals surface area contributed by atoms with E-state index in [0.717, 1.165) is 31.8 Å². The lowest BCUT2D eigenvalue weighted by molar-refractivity contribution is 0.117. The maximum absolute atomic E-state index is 5.33. The van der Waals surface area contributed by atoms with Crippen LogP contribution < -0.4 is 5.32 Å². The summed E-state index contributed by atoms with van der Waals surface area (Å²) in [6.07, 6.45) is 5.18. The Kier molecular flexibility index (Phi) is 7.09. The minimum absolute atomic E-state index is 0.481. The average Bonchev–Trinajstić information content (AvgIpc) is 2.68. The molecular weight excluding hydrogens is 212 g/mol. The summed E-state index contributed by atoms with van der Waals surface area (Å²) in [6.45, 7) is 9.92. The van der Waals surface area contributed by atoms with Crippen molar-refractivity contribution in [3.8, 4) is 0 Å². The predicted molar refractivity (Wildman–Crippen MR) is 73.4 cm³/mol. The number of nitrogens with zero attached hydrogens (tertiary/aromatic N) is 1. The molecular formula is C14H30N2O. The van der Waals surface area contributed by atoms with Gasteiger partial charge in [-0.1, -0.05) is 13.8 Å². The van der Waals surface area contributed by atoms with Gasteiger partial charge in [0, 0.05) is 31.8 Å². The number of hydrogen-bond donors (Lipinski definition) is 1. The summed E-state index contributed by atoms with van der Waals surface area (Å²) < 4.78 is 5.33. The first kappa shape index (κ1) is 14.9. The highest BCUT2D eigenvalue weighted by Crippen LogP contribution is 2.25. The molecule has 1 fully saturated rings. The Morgan fingerprint density at radius 1 is 1.35 bits per heavy atom. The van der Waals surface area contributed by atoms with Gasteiger partial charge >= 0.3 is 0 Å². The van der Waals surface area contributed by atoms with E-state index in [0.29, 0.717) is 6.04 Å². The normalized spacial score (nSPS) is 27.5. The van der Waals surface area contributed by atoms with Crippen LogP contribution in [-0.4, -0.2) is 49.8 Å². The topological polar surface area (TPSA) is 24.5 Å². The van der Waals surface area contributed by atoms with Gasteiger partial charge in [-0.3, -0.25) is 4.90 Å². The Morgan fingerprint density at radius 2 is 2.12 bits per heavy atom. The fraction of sp³-hybridized carbons (Fsp3) is 1.00. The van der Waals surface area contributed by atoms with Crippen LogP contribution in [0.15, 0.2) is 0 Å². The maximum Gasteiger partial charge on any atom is 0.0628 e. The first-order valence-electron chi connectivity index (χ1n) is 7.20. The summed E-state index contributed by atoms with van der Waals surface area (Å²) in [4.78, 5) is 2.67. The Bertz CT molecular complexity index is 199.